The van der Waals surface area contributed by atoms with E-state index >= 15 is 0 Å². The first-order valence-corrected chi connectivity index (χ1v) is 5.85. The Balaban J connectivity index is 2.01. The lowest BCUT2D eigenvalue weighted by molar-refractivity contribution is -0.170. The number of aliphatic carboxylic acids is 1. The minimum Gasteiger partial charge on any atom is -0.479 e. The molecule has 0 amide bonds. The zero-order chi connectivity index (χ0) is 12.1. The summed E-state index contributed by atoms with van der Waals surface area (Å²) < 4.78 is 5.66. The van der Waals surface area contributed by atoms with Gasteiger partial charge in [-0.25, -0.2) is 4.79 Å². The quantitative estimate of drug-likeness (QED) is 0.828. The van der Waals surface area contributed by atoms with E-state index in [2.05, 4.69) is 5.32 Å². The first-order valence-electron chi connectivity index (χ1n) is 5.85. The number of rotatable bonds is 4. The second kappa shape index (κ2) is 5.29. The van der Waals surface area contributed by atoms with Gasteiger partial charge in [-0.05, 0) is 24.9 Å². The molecule has 0 aromatic heterocycles. The Labute approximate surface area is 101 Å². The van der Waals surface area contributed by atoms with Crippen LogP contribution in [0.15, 0.2) is 30.3 Å². The topological polar surface area (TPSA) is 58.6 Å². The van der Waals surface area contributed by atoms with Crippen molar-refractivity contribution in [1.82, 2.24) is 5.32 Å². The van der Waals surface area contributed by atoms with E-state index in [0.29, 0.717) is 19.6 Å². The highest BCUT2D eigenvalue weighted by atomic mass is 16.5. The summed E-state index contributed by atoms with van der Waals surface area (Å²) in [5, 5.41) is 12.4. The molecule has 92 valence electrons. The summed E-state index contributed by atoms with van der Waals surface area (Å²) in [4.78, 5) is 11.3. The summed E-state index contributed by atoms with van der Waals surface area (Å²) in [6.07, 6.45) is 1.41. The van der Waals surface area contributed by atoms with Gasteiger partial charge in [-0.15, -0.1) is 0 Å². The number of hydrogen-bond donors (Lipinski definition) is 2. The number of carboxylic acids is 1. The van der Waals surface area contributed by atoms with Crippen molar-refractivity contribution in [2.45, 2.75) is 25.0 Å². The van der Waals surface area contributed by atoms with Crippen molar-refractivity contribution >= 4 is 5.97 Å². The molecular formula is C13H17NO3. The van der Waals surface area contributed by atoms with E-state index in [1.165, 1.54) is 0 Å². The predicted molar refractivity (Wildman–Crippen MR) is 63.7 cm³/mol. The normalized spacial score (nSPS) is 24.5. The van der Waals surface area contributed by atoms with E-state index in [0.717, 1.165) is 18.5 Å². The van der Waals surface area contributed by atoms with Crippen LogP contribution < -0.4 is 5.32 Å². The van der Waals surface area contributed by atoms with Crippen LogP contribution in [0, 0.1) is 0 Å². The molecular weight excluding hydrogens is 218 g/mol. The SMILES string of the molecule is O=C(O)C1(OCc2ccccc2)CCCNC1. The average Bonchev–Trinajstić information content (AvgIpc) is 2.38. The summed E-state index contributed by atoms with van der Waals surface area (Å²) in [6.45, 7) is 1.59. The molecule has 1 aromatic carbocycles. The molecule has 2 rings (SSSR count). The third-order valence-electron chi connectivity index (χ3n) is 3.09. The highest BCUT2D eigenvalue weighted by Crippen LogP contribution is 2.23. The van der Waals surface area contributed by atoms with E-state index in [-0.39, 0.29) is 0 Å². The van der Waals surface area contributed by atoms with Crippen molar-refractivity contribution in [3.8, 4) is 0 Å². The van der Waals surface area contributed by atoms with Gasteiger partial charge in [0.15, 0.2) is 5.60 Å². The van der Waals surface area contributed by atoms with E-state index in [9.17, 15) is 9.90 Å². The number of hydrogen-bond acceptors (Lipinski definition) is 3. The second-order valence-corrected chi connectivity index (χ2v) is 4.35. The molecule has 1 atom stereocenters. The maximum atomic E-state index is 11.3. The third-order valence-corrected chi connectivity index (χ3v) is 3.09. The molecule has 4 nitrogen and oxygen atoms in total. The Morgan fingerprint density at radius 1 is 1.41 bits per heavy atom. The summed E-state index contributed by atoms with van der Waals surface area (Å²) in [5.74, 6) is -0.874. The van der Waals surface area contributed by atoms with Gasteiger partial charge in [0.1, 0.15) is 0 Å². The first-order chi connectivity index (χ1) is 8.23. The minimum absolute atomic E-state index is 0.342. The van der Waals surface area contributed by atoms with Crippen LogP contribution >= 0.6 is 0 Å². The zero-order valence-electron chi connectivity index (χ0n) is 9.69. The first kappa shape index (κ1) is 12.1. The van der Waals surface area contributed by atoms with Crippen LogP contribution in [0.5, 0.6) is 0 Å². The molecule has 1 heterocycles. The van der Waals surface area contributed by atoms with Crippen molar-refractivity contribution in [3.63, 3.8) is 0 Å². The molecule has 1 unspecified atom stereocenters. The molecule has 4 heteroatoms. The Bertz CT molecular complexity index is 372. The van der Waals surface area contributed by atoms with Gasteiger partial charge in [-0.3, -0.25) is 0 Å². The highest BCUT2D eigenvalue weighted by Gasteiger charge is 2.40. The fraction of sp³-hybridized carbons (Fsp3) is 0.462. The highest BCUT2D eigenvalue weighted by molar-refractivity contribution is 5.78. The summed E-state index contributed by atoms with van der Waals surface area (Å²) in [6, 6.07) is 9.65. The van der Waals surface area contributed by atoms with Crippen molar-refractivity contribution in [2.24, 2.45) is 0 Å². The average molecular weight is 235 g/mol. The molecule has 0 aliphatic carbocycles. The molecule has 1 aliphatic heterocycles. The summed E-state index contributed by atoms with van der Waals surface area (Å²) in [7, 11) is 0. The molecule has 1 fully saturated rings. The van der Waals surface area contributed by atoms with Crippen LogP contribution in [-0.2, 0) is 16.1 Å². The number of piperidine rings is 1. The monoisotopic (exact) mass is 235 g/mol. The van der Waals surface area contributed by atoms with Crippen molar-refractivity contribution in [2.75, 3.05) is 13.1 Å². The van der Waals surface area contributed by atoms with Gasteiger partial charge in [0.2, 0.25) is 0 Å². The van der Waals surface area contributed by atoms with Crippen LogP contribution in [0.2, 0.25) is 0 Å². The largest absolute Gasteiger partial charge is 0.479 e. The van der Waals surface area contributed by atoms with Crippen LogP contribution in [0.3, 0.4) is 0 Å². The molecule has 2 N–H and O–H groups in total. The van der Waals surface area contributed by atoms with Crippen molar-refractivity contribution < 1.29 is 14.6 Å². The molecule has 0 spiro atoms. The lowest BCUT2D eigenvalue weighted by Crippen LogP contribution is -2.53. The van der Waals surface area contributed by atoms with Gasteiger partial charge in [0.25, 0.3) is 0 Å². The van der Waals surface area contributed by atoms with Gasteiger partial charge in [-0.2, -0.15) is 0 Å². The zero-order valence-corrected chi connectivity index (χ0v) is 9.69. The summed E-state index contributed by atoms with van der Waals surface area (Å²) in [5.41, 5.74) is -0.0626. The van der Waals surface area contributed by atoms with Crippen LogP contribution in [-0.4, -0.2) is 29.8 Å². The van der Waals surface area contributed by atoms with Gasteiger partial charge in [0, 0.05) is 6.54 Å². The van der Waals surface area contributed by atoms with Gasteiger partial charge < -0.3 is 15.2 Å². The second-order valence-electron chi connectivity index (χ2n) is 4.35. The van der Waals surface area contributed by atoms with Crippen LogP contribution in [0.4, 0.5) is 0 Å². The van der Waals surface area contributed by atoms with Crippen LogP contribution in [0.25, 0.3) is 0 Å². The lowest BCUT2D eigenvalue weighted by atomic mass is 9.94. The molecule has 1 aliphatic rings. The van der Waals surface area contributed by atoms with Crippen molar-refractivity contribution in [3.05, 3.63) is 35.9 Å². The van der Waals surface area contributed by atoms with E-state index < -0.39 is 11.6 Å². The van der Waals surface area contributed by atoms with Crippen LogP contribution in [0.1, 0.15) is 18.4 Å². The summed E-state index contributed by atoms with van der Waals surface area (Å²) >= 11 is 0. The third kappa shape index (κ3) is 2.84. The molecule has 0 radical (unpaired) electrons. The smallest absolute Gasteiger partial charge is 0.337 e. The van der Waals surface area contributed by atoms with Gasteiger partial charge in [-0.1, -0.05) is 30.3 Å². The van der Waals surface area contributed by atoms with E-state index in [1.807, 2.05) is 30.3 Å². The maximum absolute atomic E-state index is 11.3. The number of carboxylic acid groups (broad SMARTS) is 1. The molecule has 1 saturated heterocycles. The molecule has 0 bridgehead atoms. The minimum atomic E-state index is -1.06. The molecule has 0 saturated carbocycles. The molecule has 1 aromatic rings. The standard InChI is InChI=1S/C13H17NO3/c15-12(16)13(7-4-8-14-10-13)17-9-11-5-2-1-3-6-11/h1-3,5-6,14H,4,7-10H2,(H,15,16). The van der Waals surface area contributed by atoms with Gasteiger partial charge in [0.05, 0.1) is 6.61 Å². The fourth-order valence-corrected chi connectivity index (χ4v) is 2.04. The van der Waals surface area contributed by atoms with E-state index in [4.69, 9.17) is 4.74 Å². The number of ether oxygens (including phenoxy) is 1. The Morgan fingerprint density at radius 3 is 2.76 bits per heavy atom. The van der Waals surface area contributed by atoms with E-state index in [1.54, 1.807) is 0 Å². The number of nitrogens with one attached hydrogen (secondary N) is 1. The maximum Gasteiger partial charge on any atom is 0.337 e. The Kier molecular flexibility index (Phi) is 3.76. The van der Waals surface area contributed by atoms with Gasteiger partial charge >= 0.3 is 5.97 Å². The van der Waals surface area contributed by atoms with Crippen molar-refractivity contribution in [1.29, 1.82) is 0 Å². The number of carbonyl (C=O) groups is 1. The lowest BCUT2D eigenvalue weighted by Gasteiger charge is -2.33. The Hall–Kier alpha value is -1.39. The predicted octanol–water partition coefficient (Wildman–Crippen LogP) is 1.41. The fourth-order valence-electron chi connectivity index (χ4n) is 2.04. The Morgan fingerprint density at radius 2 is 2.18 bits per heavy atom. The number of benzene rings is 1. The molecule has 17 heavy (non-hydrogen) atoms.